The Balaban J connectivity index is 1.57. The number of aromatic nitrogens is 1. The smallest absolute Gasteiger partial charge is 0.268 e. The zero-order chi connectivity index (χ0) is 23.5. The van der Waals surface area contributed by atoms with E-state index in [9.17, 15) is 10.1 Å². The fourth-order valence-electron chi connectivity index (χ4n) is 3.14. The van der Waals surface area contributed by atoms with E-state index in [4.69, 9.17) is 16.3 Å². The molecule has 0 unspecified atom stereocenters. The third kappa shape index (κ3) is 7.74. The fraction of sp³-hybridized carbons (Fsp3) is 0.269. The first kappa shape index (κ1) is 24.5. The number of thiazole rings is 1. The van der Waals surface area contributed by atoms with Gasteiger partial charge in [0.15, 0.2) is 5.13 Å². The lowest BCUT2D eigenvalue weighted by Crippen LogP contribution is -2.13. The summed E-state index contributed by atoms with van der Waals surface area (Å²) in [6, 6.07) is 16.9. The maximum atomic E-state index is 12.6. The van der Waals surface area contributed by atoms with E-state index in [1.54, 1.807) is 12.3 Å². The minimum Gasteiger partial charge on any atom is -0.494 e. The van der Waals surface area contributed by atoms with Crippen LogP contribution in [0.15, 0.2) is 60.3 Å². The van der Waals surface area contributed by atoms with Gasteiger partial charge in [0, 0.05) is 22.5 Å². The Morgan fingerprint density at radius 3 is 2.70 bits per heavy atom. The molecule has 0 atom stereocenters. The third-order valence-electron chi connectivity index (χ3n) is 4.92. The van der Waals surface area contributed by atoms with Crippen molar-refractivity contribution in [2.45, 2.75) is 39.0 Å². The number of carbonyl (C=O) groups excluding carboxylic acids is 1. The molecule has 0 aliphatic carbocycles. The molecule has 0 saturated heterocycles. The Kier molecular flexibility index (Phi) is 9.49. The maximum Gasteiger partial charge on any atom is 0.268 e. The first-order valence-electron chi connectivity index (χ1n) is 10.9. The van der Waals surface area contributed by atoms with Crippen LogP contribution >= 0.6 is 22.9 Å². The molecule has 7 heteroatoms. The molecule has 5 nitrogen and oxygen atoms in total. The fourth-order valence-corrected chi connectivity index (χ4v) is 4.17. The Morgan fingerprint density at radius 2 is 1.97 bits per heavy atom. The number of nitrogens with one attached hydrogen (secondary N) is 1. The number of hydrogen-bond acceptors (Lipinski definition) is 5. The number of carbonyl (C=O) groups is 1. The Hall–Kier alpha value is -3.14. The summed E-state index contributed by atoms with van der Waals surface area (Å²) in [6.45, 7) is 2.87. The second kappa shape index (κ2) is 12.8. The molecule has 0 aliphatic heterocycles. The van der Waals surface area contributed by atoms with Crippen molar-refractivity contribution >= 4 is 40.1 Å². The van der Waals surface area contributed by atoms with Crippen LogP contribution in [0.4, 0.5) is 5.13 Å². The van der Waals surface area contributed by atoms with Crippen LogP contribution in [0.2, 0.25) is 5.02 Å². The van der Waals surface area contributed by atoms with Gasteiger partial charge in [-0.1, -0.05) is 68.1 Å². The predicted molar refractivity (Wildman–Crippen MR) is 135 cm³/mol. The van der Waals surface area contributed by atoms with Gasteiger partial charge < -0.3 is 4.74 Å². The van der Waals surface area contributed by atoms with Gasteiger partial charge in [0.05, 0.1) is 6.61 Å². The minimum absolute atomic E-state index is 0.00564. The lowest BCUT2D eigenvalue weighted by atomic mass is 10.1. The van der Waals surface area contributed by atoms with Crippen LogP contribution < -0.4 is 10.1 Å². The van der Waals surface area contributed by atoms with E-state index in [-0.39, 0.29) is 5.57 Å². The van der Waals surface area contributed by atoms with Crippen LogP contribution in [0, 0.1) is 11.3 Å². The van der Waals surface area contributed by atoms with Crippen molar-refractivity contribution in [3.8, 4) is 11.8 Å². The second-order valence-corrected chi connectivity index (χ2v) is 9.02. The molecular formula is C26H26ClN3O2S. The standard InChI is InChI=1S/C26H26ClN3O2S/c1-2-3-4-7-14-32-22-12-10-19(11-13-22)15-21(17-28)25(31)30-26-29-18-23(33-26)16-20-8-5-6-9-24(20)27/h5-6,8-13,15,18H,2-4,7,14,16H2,1H3,(H,29,30,31). The summed E-state index contributed by atoms with van der Waals surface area (Å²) < 4.78 is 5.74. The molecule has 3 rings (SSSR count). The summed E-state index contributed by atoms with van der Waals surface area (Å²) in [6.07, 6.45) is 8.50. The monoisotopic (exact) mass is 479 g/mol. The first-order chi connectivity index (χ1) is 16.1. The molecule has 1 amide bonds. The van der Waals surface area contributed by atoms with Crippen molar-refractivity contribution in [1.29, 1.82) is 5.26 Å². The number of nitrogens with zero attached hydrogens (tertiary/aromatic N) is 2. The number of benzene rings is 2. The predicted octanol–water partition coefficient (Wildman–Crippen LogP) is 6.89. The Bertz CT molecular complexity index is 1130. The van der Waals surface area contributed by atoms with E-state index in [2.05, 4.69) is 17.2 Å². The topological polar surface area (TPSA) is 75.0 Å². The van der Waals surface area contributed by atoms with E-state index >= 15 is 0 Å². The van der Waals surface area contributed by atoms with E-state index < -0.39 is 5.91 Å². The summed E-state index contributed by atoms with van der Waals surface area (Å²) in [5, 5.41) is 13.3. The molecular weight excluding hydrogens is 454 g/mol. The highest BCUT2D eigenvalue weighted by Gasteiger charge is 2.13. The van der Waals surface area contributed by atoms with Gasteiger partial charge in [-0.3, -0.25) is 10.1 Å². The van der Waals surface area contributed by atoms with Gasteiger partial charge in [-0.2, -0.15) is 5.26 Å². The Morgan fingerprint density at radius 1 is 1.18 bits per heavy atom. The summed E-state index contributed by atoms with van der Waals surface area (Å²) >= 11 is 7.58. The average molecular weight is 480 g/mol. The molecule has 0 saturated carbocycles. The van der Waals surface area contributed by atoms with Crippen LogP contribution in [0.5, 0.6) is 5.75 Å². The number of ether oxygens (including phenoxy) is 1. The van der Waals surface area contributed by atoms with Crippen molar-refractivity contribution in [2.24, 2.45) is 0 Å². The Labute approximate surface area is 203 Å². The highest BCUT2D eigenvalue weighted by Crippen LogP contribution is 2.25. The van der Waals surface area contributed by atoms with Crippen molar-refractivity contribution in [2.75, 3.05) is 11.9 Å². The maximum absolute atomic E-state index is 12.6. The summed E-state index contributed by atoms with van der Waals surface area (Å²) in [5.74, 6) is 0.285. The second-order valence-electron chi connectivity index (χ2n) is 7.50. The number of amides is 1. The van der Waals surface area contributed by atoms with Crippen LogP contribution in [0.3, 0.4) is 0 Å². The van der Waals surface area contributed by atoms with Gasteiger partial charge in [0.1, 0.15) is 17.4 Å². The normalized spacial score (nSPS) is 11.1. The number of anilines is 1. The molecule has 1 heterocycles. The van der Waals surface area contributed by atoms with Crippen molar-refractivity contribution in [3.05, 3.63) is 81.3 Å². The van der Waals surface area contributed by atoms with Crippen molar-refractivity contribution in [3.63, 3.8) is 0 Å². The summed E-state index contributed by atoms with van der Waals surface area (Å²) in [5.41, 5.74) is 1.75. The summed E-state index contributed by atoms with van der Waals surface area (Å²) in [4.78, 5) is 17.8. The van der Waals surface area contributed by atoms with Gasteiger partial charge in [-0.25, -0.2) is 4.98 Å². The number of hydrogen-bond donors (Lipinski definition) is 1. The molecule has 0 aliphatic rings. The van der Waals surface area contributed by atoms with Gasteiger partial charge >= 0.3 is 0 Å². The molecule has 2 aromatic carbocycles. The number of rotatable bonds is 11. The lowest BCUT2D eigenvalue weighted by Gasteiger charge is -2.06. The van der Waals surface area contributed by atoms with Crippen LogP contribution in [0.1, 0.15) is 48.6 Å². The van der Waals surface area contributed by atoms with Gasteiger partial charge in [0.2, 0.25) is 0 Å². The number of unbranched alkanes of at least 4 members (excludes halogenated alkanes) is 3. The molecule has 0 radical (unpaired) electrons. The largest absolute Gasteiger partial charge is 0.494 e. The quantitative estimate of drug-likeness (QED) is 0.184. The van der Waals surface area contributed by atoms with Crippen molar-refractivity contribution < 1.29 is 9.53 Å². The highest BCUT2D eigenvalue weighted by atomic mass is 35.5. The lowest BCUT2D eigenvalue weighted by molar-refractivity contribution is -0.112. The zero-order valence-corrected chi connectivity index (χ0v) is 20.1. The number of halogens is 1. The SMILES string of the molecule is CCCCCCOc1ccc(C=C(C#N)C(=O)Nc2ncc(Cc3ccccc3Cl)s2)cc1. The molecule has 3 aromatic rings. The minimum atomic E-state index is -0.493. The number of nitriles is 1. The molecule has 0 spiro atoms. The first-order valence-corrected chi connectivity index (χ1v) is 12.1. The molecule has 0 fully saturated rings. The molecule has 0 bridgehead atoms. The third-order valence-corrected chi connectivity index (χ3v) is 6.20. The average Bonchev–Trinajstić information content (AvgIpc) is 3.26. The van der Waals surface area contributed by atoms with Crippen LogP contribution in [0.25, 0.3) is 6.08 Å². The molecule has 1 aromatic heterocycles. The summed E-state index contributed by atoms with van der Waals surface area (Å²) in [7, 11) is 0. The van der Waals surface area contributed by atoms with Crippen LogP contribution in [-0.2, 0) is 11.2 Å². The molecule has 1 N–H and O–H groups in total. The zero-order valence-electron chi connectivity index (χ0n) is 18.5. The van der Waals surface area contributed by atoms with Gasteiger partial charge in [-0.05, 0) is 41.8 Å². The van der Waals surface area contributed by atoms with Gasteiger partial charge in [0.25, 0.3) is 5.91 Å². The molecule has 170 valence electrons. The molecule has 33 heavy (non-hydrogen) atoms. The highest BCUT2D eigenvalue weighted by molar-refractivity contribution is 7.15. The van der Waals surface area contributed by atoms with Crippen LogP contribution in [-0.4, -0.2) is 17.5 Å². The van der Waals surface area contributed by atoms with Gasteiger partial charge in [-0.15, -0.1) is 11.3 Å². The van der Waals surface area contributed by atoms with E-state index in [1.165, 1.54) is 30.6 Å². The van der Waals surface area contributed by atoms with Crippen molar-refractivity contribution in [1.82, 2.24) is 4.98 Å². The van der Waals surface area contributed by atoms with E-state index in [0.29, 0.717) is 23.2 Å². The van der Waals surface area contributed by atoms with E-state index in [1.807, 2.05) is 54.6 Å². The van der Waals surface area contributed by atoms with E-state index in [0.717, 1.165) is 28.2 Å².